The SMILES string of the molecule is Cc1ccc(C)c(Oc2ccc(CNC(=O)CCc3ccco3)cn2)c1. The van der Waals surface area contributed by atoms with Crippen LogP contribution in [0.3, 0.4) is 0 Å². The Kier molecular flexibility index (Phi) is 5.69. The fourth-order valence-corrected chi connectivity index (χ4v) is 2.49. The summed E-state index contributed by atoms with van der Waals surface area (Å²) in [5.41, 5.74) is 3.12. The first-order valence-corrected chi connectivity index (χ1v) is 8.59. The van der Waals surface area contributed by atoms with Gasteiger partial charge in [0, 0.05) is 31.6 Å². The van der Waals surface area contributed by atoms with Crippen LogP contribution in [-0.2, 0) is 17.8 Å². The van der Waals surface area contributed by atoms with Crippen molar-refractivity contribution in [2.75, 3.05) is 0 Å². The van der Waals surface area contributed by atoms with E-state index >= 15 is 0 Å². The Hall–Kier alpha value is -3.08. The molecular formula is C21H22N2O3. The second kappa shape index (κ2) is 8.34. The summed E-state index contributed by atoms with van der Waals surface area (Å²) < 4.78 is 11.1. The number of furan rings is 1. The molecule has 0 fully saturated rings. The van der Waals surface area contributed by atoms with E-state index in [9.17, 15) is 4.79 Å². The molecule has 0 bridgehead atoms. The third-order valence-corrected chi connectivity index (χ3v) is 4.02. The number of pyridine rings is 1. The number of aryl methyl sites for hydroxylation is 3. The molecule has 2 aromatic heterocycles. The molecule has 0 saturated heterocycles. The predicted molar refractivity (Wildman–Crippen MR) is 99.1 cm³/mol. The van der Waals surface area contributed by atoms with E-state index in [1.165, 1.54) is 0 Å². The van der Waals surface area contributed by atoms with Crippen LogP contribution in [0.15, 0.2) is 59.3 Å². The lowest BCUT2D eigenvalue weighted by Crippen LogP contribution is -2.23. The van der Waals surface area contributed by atoms with Crippen molar-refractivity contribution in [3.8, 4) is 11.6 Å². The molecular weight excluding hydrogens is 328 g/mol. The summed E-state index contributed by atoms with van der Waals surface area (Å²) in [5, 5.41) is 2.89. The molecule has 0 spiro atoms. The van der Waals surface area contributed by atoms with E-state index in [1.54, 1.807) is 12.5 Å². The van der Waals surface area contributed by atoms with Gasteiger partial charge in [0.05, 0.1) is 6.26 Å². The zero-order valence-corrected chi connectivity index (χ0v) is 15.0. The van der Waals surface area contributed by atoms with Crippen LogP contribution in [0.5, 0.6) is 11.6 Å². The number of nitrogens with zero attached hydrogens (tertiary/aromatic N) is 1. The zero-order valence-electron chi connectivity index (χ0n) is 15.0. The molecule has 2 heterocycles. The van der Waals surface area contributed by atoms with Gasteiger partial charge < -0.3 is 14.5 Å². The number of nitrogens with one attached hydrogen (secondary N) is 1. The van der Waals surface area contributed by atoms with E-state index in [4.69, 9.17) is 9.15 Å². The summed E-state index contributed by atoms with van der Waals surface area (Å²) in [7, 11) is 0. The number of aromatic nitrogens is 1. The van der Waals surface area contributed by atoms with Gasteiger partial charge in [0.15, 0.2) is 0 Å². The molecule has 0 aliphatic heterocycles. The Labute approximate surface area is 153 Å². The molecule has 3 aromatic rings. The van der Waals surface area contributed by atoms with E-state index in [2.05, 4.69) is 10.3 Å². The molecule has 0 radical (unpaired) electrons. The minimum absolute atomic E-state index is 0.0166. The van der Waals surface area contributed by atoms with Gasteiger partial charge in [-0.15, -0.1) is 0 Å². The molecule has 0 aliphatic carbocycles. The zero-order chi connectivity index (χ0) is 18.4. The Morgan fingerprint density at radius 1 is 1.19 bits per heavy atom. The molecule has 1 aromatic carbocycles. The van der Waals surface area contributed by atoms with Crippen LogP contribution >= 0.6 is 0 Å². The minimum Gasteiger partial charge on any atom is -0.469 e. The van der Waals surface area contributed by atoms with Crippen LogP contribution in [0.1, 0.15) is 28.9 Å². The number of amides is 1. The standard InChI is InChI=1S/C21H22N2O3/c1-15-5-6-16(2)19(12-15)26-21-10-7-17(14-23-21)13-22-20(24)9-8-18-4-3-11-25-18/h3-7,10-12,14H,8-9,13H2,1-2H3,(H,22,24). The molecule has 0 saturated carbocycles. The van der Waals surface area contributed by atoms with Gasteiger partial charge in [-0.1, -0.05) is 18.2 Å². The maximum absolute atomic E-state index is 11.9. The van der Waals surface area contributed by atoms with Crippen LogP contribution in [0.25, 0.3) is 0 Å². The van der Waals surface area contributed by atoms with E-state index in [-0.39, 0.29) is 5.91 Å². The number of benzene rings is 1. The van der Waals surface area contributed by atoms with Crippen LogP contribution in [0, 0.1) is 13.8 Å². The Morgan fingerprint density at radius 3 is 2.81 bits per heavy atom. The highest BCUT2D eigenvalue weighted by molar-refractivity contribution is 5.76. The van der Waals surface area contributed by atoms with Gasteiger partial charge in [-0.2, -0.15) is 0 Å². The van der Waals surface area contributed by atoms with Crippen LogP contribution in [0.2, 0.25) is 0 Å². The summed E-state index contributed by atoms with van der Waals surface area (Å²) in [6.07, 6.45) is 4.32. The first kappa shape index (κ1) is 17.7. The summed E-state index contributed by atoms with van der Waals surface area (Å²) in [5.74, 6) is 2.13. The molecule has 1 amide bonds. The number of hydrogen-bond acceptors (Lipinski definition) is 4. The van der Waals surface area contributed by atoms with Crippen molar-refractivity contribution in [2.45, 2.75) is 33.2 Å². The Bertz CT molecular complexity index is 855. The smallest absolute Gasteiger partial charge is 0.220 e. The quantitative estimate of drug-likeness (QED) is 0.689. The third kappa shape index (κ3) is 4.96. The molecule has 5 heteroatoms. The monoisotopic (exact) mass is 350 g/mol. The highest BCUT2D eigenvalue weighted by atomic mass is 16.5. The second-order valence-corrected chi connectivity index (χ2v) is 6.23. The predicted octanol–water partition coefficient (Wildman–Crippen LogP) is 4.33. The number of rotatable bonds is 7. The number of carbonyl (C=O) groups is 1. The largest absolute Gasteiger partial charge is 0.469 e. The average Bonchev–Trinajstić information content (AvgIpc) is 3.16. The number of carbonyl (C=O) groups excluding carboxylic acids is 1. The minimum atomic E-state index is -0.0166. The summed E-state index contributed by atoms with van der Waals surface area (Å²) in [4.78, 5) is 16.2. The normalized spacial score (nSPS) is 10.5. The first-order valence-electron chi connectivity index (χ1n) is 8.59. The Balaban J connectivity index is 1.49. The van der Waals surface area contributed by atoms with E-state index in [0.717, 1.165) is 28.2 Å². The van der Waals surface area contributed by atoms with Crippen LogP contribution in [-0.4, -0.2) is 10.9 Å². The molecule has 0 atom stereocenters. The van der Waals surface area contributed by atoms with Gasteiger partial charge in [-0.05, 0) is 48.7 Å². The lowest BCUT2D eigenvalue weighted by molar-refractivity contribution is -0.121. The lowest BCUT2D eigenvalue weighted by Gasteiger charge is -2.09. The fourth-order valence-electron chi connectivity index (χ4n) is 2.49. The van der Waals surface area contributed by atoms with Crippen molar-refractivity contribution < 1.29 is 13.9 Å². The van der Waals surface area contributed by atoms with E-state index < -0.39 is 0 Å². The van der Waals surface area contributed by atoms with Crippen molar-refractivity contribution in [3.05, 3.63) is 77.4 Å². The summed E-state index contributed by atoms with van der Waals surface area (Å²) in [6.45, 7) is 4.46. The van der Waals surface area contributed by atoms with Gasteiger partial charge in [0.2, 0.25) is 11.8 Å². The topological polar surface area (TPSA) is 64.4 Å². The van der Waals surface area contributed by atoms with Crippen molar-refractivity contribution >= 4 is 5.91 Å². The van der Waals surface area contributed by atoms with Crippen LogP contribution in [0.4, 0.5) is 0 Å². The molecule has 1 N–H and O–H groups in total. The van der Waals surface area contributed by atoms with Crippen molar-refractivity contribution in [3.63, 3.8) is 0 Å². The van der Waals surface area contributed by atoms with Gasteiger partial charge in [0.1, 0.15) is 11.5 Å². The highest BCUT2D eigenvalue weighted by Crippen LogP contribution is 2.24. The van der Waals surface area contributed by atoms with Gasteiger partial charge in [0.25, 0.3) is 0 Å². The molecule has 134 valence electrons. The molecule has 5 nitrogen and oxygen atoms in total. The number of ether oxygens (including phenoxy) is 1. The first-order chi connectivity index (χ1) is 12.6. The summed E-state index contributed by atoms with van der Waals surface area (Å²) >= 11 is 0. The maximum Gasteiger partial charge on any atom is 0.220 e. The van der Waals surface area contributed by atoms with Crippen molar-refractivity contribution in [1.82, 2.24) is 10.3 Å². The van der Waals surface area contributed by atoms with E-state index in [1.807, 2.05) is 56.3 Å². The molecule has 0 aliphatic rings. The molecule has 0 unspecified atom stereocenters. The molecule has 26 heavy (non-hydrogen) atoms. The third-order valence-electron chi connectivity index (χ3n) is 4.02. The van der Waals surface area contributed by atoms with Gasteiger partial charge in [-0.3, -0.25) is 4.79 Å². The van der Waals surface area contributed by atoms with Crippen LogP contribution < -0.4 is 10.1 Å². The fraction of sp³-hybridized carbons (Fsp3) is 0.238. The van der Waals surface area contributed by atoms with Crippen molar-refractivity contribution in [1.29, 1.82) is 0 Å². The maximum atomic E-state index is 11.9. The number of hydrogen-bond donors (Lipinski definition) is 1. The van der Waals surface area contributed by atoms with Gasteiger partial charge in [-0.25, -0.2) is 4.98 Å². The average molecular weight is 350 g/mol. The van der Waals surface area contributed by atoms with E-state index in [0.29, 0.717) is 25.3 Å². The van der Waals surface area contributed by atoms with Crippen molar-refractivity contribution in [2.24, 2.45) is 0 Å². The lowest BCUT2D eigenvalue weighted by atomic mass is 10.1. The second-order valence-electron chi connectivity index (χ2n) is 6.23. The Morgan fingerprint density at radius 2 is 2.08 bits per heavy atom. The molecule has 3 rings (SSSR count). The summed E-state index contributed by atoms with van der Waals surface area (Å²) in [6, 6.07) is 13.5. The highest BCUT2D eigenvalue weighted by Gasteiger charge is 2.06. The van der Waals surface area contributed by atoms with Gasteiger partial charge >= 0.3 is 0 Å².